The largest absolute Gasteiger partial charge is 0.294 e. The average molecular weight is 273 g/mol. The first-order chi connectivity index (χ1) is 9.20. The first kappa shape index (κ1) is 13.8. The monoisotopic (exact) mass is 272 g/mol. The van der Waals surface area contributed by atoms with Crippen LogP contribution in [0, 0.1) is 0 Å². The number of rotatable bonds is 5. The third-order valence-electron chi connectivity index (χ3n) is 3.36. The smallest absolute Gasteiger partial charge is 0.163 e. The third-order valence-corrected chi connectivity index (χ3v) is 3.61. The van der Waals surface area contributed by atoms with Crippen LogP contribution in [0.2, 0.25) is 5.02 Å². The molecule has 0 saturated carbocycles. The molecule has 0 saturated heterocycles. The zero-order valence-electron chi connectivity index (χ0n) is 11.0. The van der Waals surface area contributed by atoms with Crippen LogP contribution in [0.4, 0.5) is 0 Å². The van der Waals surface area contributed by atoms with Crippen molar-refractivity contribution in [3.8, 4) is 0 Å². The number of hydrogen-bond acceptors (Lipinski definition) is 1. The van der Waals surface area contributed by atoms with E-state index >= 15 is 0 Å². The molecule has 0 N–H and O–H groups in total. The fourth-order valence-corrected chi connectivity index (χ4v) is 2.32. The summed E-state index contributed by atoms with van der Waals surface area (Å²) in [5.41, 5.74) is 1.96. The molecule has 1 nitrogen and oxygen atoms in total. The van der Waals surface area contributed by atoms with Crippen LogP contribution in [0.3, 0.4) is 0 Å². The summed E-state index contributed by atoms with van der Waals surface area (Å²) in [6, 6.07) is 17.2. The Hall–Kier alpha value is -1.60. The maximum Gasteiger partial charge on any atom is 0.163 e. The molecule has 0 fully saturated rings. The van der Waals surface area contributed by atoms with Crippen LogP contribution in [0.1, 0.15) is 41.6 Å². The minimum absolute atomic E-state index is 0.197. The molecule has 1 atom stereocenters. The van der Waals surface area contributed by atoms with E-state index in [-0.39, 0.29) is 11.7 Å². The lowest BCUT2D eigenvalue weighted by atomic mass is 9.90. The van der Waals surface area contributed by atoms with Gasteiger partial charge in [-0.25, -0.2) is 0 Å². The minimum Gasteiger partial charge on any atom is -0.294 e. The van der Waals surface area contributed by atoms with Crippen molar-refractivity contribution in [1.82, 2.24) is 0 Å². The Balaban J connectivity index is 2.11. The molecule has 0 aliphatic heterocycles. The summed E-state index contributed by atoms with van der Waals surface area (Å²) in [4.78, 5) is 12.2. The van der Waals surface area contributed by atoms with Gasteiger partial charge < -0.3 is 0 Å². The van der Waals surface area contributed by atoms with Crippen LogP contribution >= 0.6 is 11.6 Å². The van der Waals surface area contributed by atoms with Crippen molar-refractivity contribution in [3.05, 3.63) is 70.7 Å². The number of benzene rings is 2. The number of halogens is 1. The van der Waals surface area contributed by atoms with Crippen molar-refractivity contribution >= 4 is 17.4 Å². The third kappa shape index (κ3) is 3.68. The normalized spacial score (nSPS) is 12.1. The summed E-state index contributed by atoms with van der Waals surface area (Å²) in [5.74, 6) is 0.451. The molecule has 0 unspecified atom stereocenters. The molecule has 98 valence electrons. The number of hydrogen-bond donors (Lipinski definition) is 0. The Kier molecular flexibility index (Phi) is 4.75. The molecule has 0 spiro atoms. The molecule has 2 aromatic rings. The van der Waals surface area contributed by atoms with E-state index in [4.69, 9.17) is 11.6 Å². The van der Waals surface area contributed by atoms with E-state index in [0.29, 0.717) is 6.42 Å². The summed E-state index contributed by atoms with van der Waals surface area (Å²) in [7, 11) is 0. The molecule has 0 radical (unpaired) electrons. The molecular formula is C17H17ClO. The van der Waals surface area contributed by atoms with Crippen molar-refractivity contribution in [1.29, 1.82) is 0 Å². The second-order valence-electron chi connectivity index (χ2n) is 4.65. The van der Waals surface area contributed by atoms with Crippen molar-refractivity contribution in [3.63, 3.8) is 0 Å². The van der Waals surface area contributed by atoms with E-state index in [1.54, 1.807) is 0 Å². The molecule has 0 aromatic heterocycles. The van der Waals surface area contributed by atoms with Gasteiger partial charge in [-0.05, 0) is 30.0 Å². The SMILES string of the molecule is CC[C@H](CC(=O)c1ccccc1)c1ccc(Cl)cc1. The van der Waals surface area contributed by atoms with E-state index in [9.17, 15) is 4.79 Å². The molecule has 2 heteroatoms. The molecule has 19 heavy (non-hydrogen) atoms. The van der Waals surface area contributed by atoms with Gasteiger partial charge in [-0.15, -0.1) is 0 Å². The van der Waals surface area contributed by atoms with Crippen LogP contribution in [0.5, 0.6) is 0 Å². The van der Waals surface area contributed by atoms with Gasteiger partial charge in [0.2, 0.25) is 0 Å². The molecule has 0 bridgehead atoms. The van der Waals surface area contributed by atoms with Gasteiger partial charge in [-0.3, -0.25) is 4.79 Å². The second-order valence-corrected chi connectivity index (χ2v) is 5.09. The Morgan fingerprint density at radius 3 is 2.26 bits per heavy atom. The van der Waals surface area contributed by atoms with E-state index in [1.807, 2.05) is 54.6 Å². The summed E-state index contributed by atoms with van der Waals surface area (Å²) >= 11 is 5.89. The van der Waals surface area contributed by atoms with Gasteiger partial charge in [-0.2, -0.15) is 0 Å². The first-order valence-corrected chi connectivity index (χ1v) is 6.92. The van der Waals surface area contributed by atoms with Crippen molar-refractivity contribution in [2.24, 2.45) is 0 Å². The Morgan fingerprint density at radius 1 is 1.05 bits per heavy atom. The summed E-state index contributed by atoms with van der Waals surface area (Å²) in [6.45, 7) is 2.11. The molecule has 2 rings (SSSR count). The highest BCUT2D eigenvalue weighted by Gasteiger charge is 2.15. The van der Waals surface area contributed by atoms with Gasteiger partial charge in [0.15, 0.2) is 5.78 Å². The van der Waals surface area contributed by atoms with Crippen LogP contribution < -0.4 is 0 Å². The van der Waals surface area contributed by atoms with Crippen LogP contribution in [-0.4, -0.2) is 5.78 Å². The maximum absolute atomic E-state index is 12.2. The van der Waals surface area contributed by atoms with Crippen molar-refractivity contribution in [2.45, 2.75) is 25.7 Å². The van der Waals surface area contributed by atoms with Crippen LogP contribution in [0.25, 0.3) is 0 Å². The quantitative estimate of drug-likeness (QED) is 0.692. The lowest BCUT2D eigenvalue weighted by Crippen LogP contribution is -2.07. The van der Waals surface area contributed by atoms with E-state index in [1.165, 1.54) is 5.56 Å². The predicted octanol–water partition coefficient (Wildman–Crippen LogP) is 5.11. The highest BCUT2D eigenvalue weighted by molar-refractivity contribution is 6.30. The molecule has 0 aliphatic carbocycles. The van der Waals surface area contributed by atoms with Crippen molar-refractivity contribution in [2.75, 3.05) is 0 Å². The van der Waals surface area contributed by atoms with Gasteiger partial charge in [0.25, 0.3) is 0 Å². The van der Waals surface area contributed by atoms with Gasteiger partial charge in [0.05, 0.1) is 0 Å². The first-order valence-electron chi connectivity index (χ1n) is 6.54. The number of ketones is 1. The molecule has 2 aromatic carbocycles. The Morgan fingerprint density at radius 2 is 1.68 bits per heavy atom. The Labute approximate surface area is 119 Å². The zero-order valence-corrected chi connectivity index (χ0v) is 11.7. The Bertz CT molecular complexity index is 531. The topological polar surface area (TPSA) is 17.1 Å². The van der Waals surface area contributed by atoms with Gasteiger partial charge in [0.1, 0.15) is 0 Å². The number of carbonyl (C=O) groups is 1. The molecule has 0 heterocycles. The van der Waals surface area contributed by atoms with E-state index < -0.39 is 0 Å². The highest BCUT2D eigenvalue weighted by atomic mass is 35.5. The maximum atomic E-state index is 12.2. The van der Waals surface area contributed by atoms with E-state index in [0.717, 1.165) is 17.0 Å². The lowest BCUT2D eigenvalue weighted by Gasteiger charge is -2.14. The average Bonchev–Trinajstić information content (AvgIpc) is 2.46. The summed E-state index contributed by atoms with van der Waals surface area (Å²) in [6.07, 6.45) is 1.49. The van der Waals surface area contributed by atoms with Gasteiger partial charge >= 0.3 is 0 Å². The van der Waals surface area contributed by atoms with Gasteiger partial charge in [-0.1, -0.05) is 61.0 Å². The highest BCUT2D eigenvalue weighted by Crippen LogP contribution is 2.26. The number of carbonyl (C=O) groups excluding carboxylic acids is 1. The molecule has 0 aliphatic rings. The fraction of sp³-hybridized carbons (Fsp3) is 0.235. The molecular weight excluding hydrogens is 256 g/mol. The summed E-state index contributed by atoms with van der Waals surface area (Å²) < 4.78 is 0. The standard InChI is InChI=1S/C17H17ClO/c1-2-13(14-8-10-16(18)11-9-14)12-17(19)15-6-4-3-5-7-15/h3-11,13H,2,12H2,1H3/t13-/m1/s1. The van der Waals surface area contributed by atoms with E-state index in [2.05, 4.69) is 6.92 Å². The molecule has 0 amide bonds. The fourth-order valence-electron chi connectivity index (χ4n) is 2.20. The van der Waals surface area contributed by atoms with Crippen molar-refractivity contribution < 1.29 is 4.79 Å². The second kappa shape index (κ2) is 6.53. The predicted molar refractivity (Wildman–Crippen MR) is 79.9 cm³/mol. The van der Waals surface area contributed by atoms with Gasteiger partial charge in [0, 0.05) is 17.0 Å². The number of Topliss-reactive ketones (excluding diaryl/α,β-unsaturated/α-hetero) is 1. The van der Waals surface area contributed by atoms with Crippen LogP contribution in [0.15, 0.2) is 54.6 Å². The summed E-state index contributed by atoms with van der Waals surface area (Å²) in [5, 5.41) is 0.730. The zero-order chi connectivity index (χ0) is 13.7. The minimum atomic E-state index is 0.197. The van der Waals surface area contributed by atoms with Crippen LogP contribution in [-0.2, 0) is 0 Å². The lowest BCUT2D eigenvalue weighted by molar-refractivity contribution is 0.0973.